The number of hydrogen-bond donors (Lipinski definition) is 0. The molecule has 0 aliphatic carbocycles. The topological polar surface area (TPSA) is 65.6 Å². The number of aromatic nitrogens is 3. The van der Waals surface area contributed by atoms with E-state index in [1.807, 2.05) is 36.4 Å². The van der Waals surface area contributed by atoms with Crippen LogP contribution in [0.2, 0.25) is 5.15 Å². The average Bonchev–Trinajstić information content (AvgIpc) is 3.40. The van der Waals surface area contributed by atoms with Gasteiger partial charge in [0.05, 0.1) is 5.52 Å². The highest BCUT2D eigenvalue weighted by molar-refractivity contribution is 7.90. The molecule has 0 saturated carbocycles. The van der Waals surface area contributed by atoms with E-state index in [0.29, 0.717) is 22.8 Å². The van der Waals surface area contributed by atoms with Gasteiger partial charge >= 0.3 is 0 Å². The van der Waals surface area contributed by atoms with Gasteiger partial charge in [-0.1, -0.05) is 41.9 Å². The summed E-state index contributed by atoms with van der Waals surface area (Å²) in [5, 5.41) is 2.43. The van der Waals surface area contributed by atoms with E-state index in [0.717, 1.165) is 10.9 Å². The summed E-state index contributed by atoms with van der Waals surface area (Å²) in [4.78, 5) is 4.66. The highest BCUT2D eigenvalue weighted by atomic mass is 35.5. The molecular weight excluding hydrogens is 430 g/mol. The molecule has 0 fully saturated rings. The summed E-state index contributed by atoms with van der Waals surface area (Å²) in [6.45, 7) is 0.437. The van der Waals surface area contributed by atoms with Crippen molar-refractivity contribution in [1.82, 2.24) is 13.4 Å². The molecule has 0 aliphatic heterocycles. The number of halogens is 1. The molecule has 0 aliphatic rings. The van der Waals surface area contributed by atoms with E-state index >= 15 is 0 Å². The third-order valence-electron chi connectivity index (χ3n) is 4.56. The van der Waals surface area contributed by atoms with Crippen molar-refractivity contribution < 1.29 is 13.2 Å². The van der Waals surface area contributed by atoms with Gasteiger partial charge in [-0.05, 0) is 29.8 Å². The number of nitrogens with zero attached hydrogens (tertiary/aromatic N) is 3. The molecule has 9 heteroatoms. The molecule has 0 spiro atoms. The van der Waals surface area contributed by atoms with E-state index in [4.69, 9.17) is 16.3 Å². The largest absolute Gasteiger partial charge is 0.489 e. The molecule has 0 bridgehead atoms. The molecule has 0 N–H and O–H groups in total. The average molecular weight is 444 g/mol. The number of benzene rings is 2. The Bertz CT molecular complexity index is 1440. The zero-order valence-corrected chi connectivity index (χ0v) is 17.3. The fourth-order valence-corrected chi connectivity index (χ4v) is 5.97. The first kappa shape index (κ1) is 18.2. The van der Waals surface area contributed by atoms with Gasteiger partial charge in [-0.25, -0.2) is 8.96 Å². The van der Waals surface area contributed by atoms with E-state index in [9.17, 15) is 8.42 Å². The Labute approximate surface area is 175 Å². The number of imidazole rings is 1. The standard InChI is InChI=1S/C20H14ClN3O3S2/c21-18-19(23-10-11-28-20(23)22-18)29(25,26)24-9-8-15-12-16(6-7-17(15)24)27-13-14-4-2-1-3-5-14/h1-12H,13H2. The summed E-state index contributed by atoms with van der Waals surface area (Å²) in [6, 6.07) is 16.9. The SMILES string of the molecule is O=S(=O)(c1c(Cl)nc2sccn12)n1ccc2cc(OCc3ccccc3)ccc21. The van der Waals surface area contributed by atoms with Crippen LogP contribution in [0.5, 0.6) is 5.75 Å². The minimum Gasteiger partial charge on any atom is -0.489 e. The van der Waals surface area contributed by atoms with Crippen LogP contribution in [-0.4, -0.2) is 21.8 Å². The second-order valence-electron chi connectivity index (χ2n) is 6.37. The molecule has 29 heavy (non-hydrogen) atoms. The Morgan fingerprint density at radius 2 is 1.90 bits per heavy atom. The van der Waals surface area contributed by atoms with Gasteiger partial charge in [0.1, 0.15) is 12.4 Å². The first-order valence-electron chi connectivity index (χ1n) is 8.68. The molecule has 0 saturated heterocycles. The van der Waals surface area contributed by atoms with Crippen molar-refractivity contribution in [3.05, 3.63) is 83.1 Å². The van der Waals surface area contributed by atoms with Crippen LogP contribution < -0.4 is 4.74 Å². The summed E-state index contributed by atoms with van der Waals surface area (Å²) >= 11 is 7.47. The molecule has 3 aromatic heterocycles. The molecule has 0 amide bonds. The van der Waals surface area contributed by atoms with Gasteiger partial charge in [-0.2, -0.15) is 8.42 Å². The Morgan fingerprint density at radius 1 is 1.07 bits per heavy atom. The van der Waals surface area contributed by atoms with Gasteiger partial charge in [0.15, 0.2) is 10.1 Å². The van der Waals surface area contributed by atoms with Crippen molar-refractivity contribution in [2.75, 3.05) is 0 Å². The predicted octanol–water partition coefficient (Wildman–Crippen LogP) is 4.82. The van der Waals surface area contributed by atoms with Crippen LogP contribution in [0.15, 0.2) is 77.4 Å². The molecule has 0 radical (unpaired) electrons. The van der Waals surface area contributed by atoms with Gasteiger partial charge in [0.2, 0.25) is 5.03 Å². The number of ether oxygens (including phenoxy) is 1. The number of fused-ring (bicyclic) bond motifs is 2. The number of hydrogen-bond acceptors (Lipinski definition) is 5. The zero-order valence-electron chi connectivity index (χ0n) is 14.9. The van der Waals surface area contributed by atoms with Crippen LogP contribution in [0.4, 0.5) is 0 Å². The zero-order chi connectivity index (χ0) is 20.0. The number of rotatable bonds is 5. The summed E-state index contributed by atoms with van der Waals surface area (Å²) in [6.07, 6.45) is 3.16. The lowest BCUT2D eigenvalue weighted by Gasteiger charge is -2.09. The molecule has 5 rings (SSSR count). The minimum absolute atomic E-state index is 0.0403. The quantitative estimate of drug-likeness (QED) is 0.390. The van der Waals surface area contributed by atoms with Crippen molar-refractivity contribution >= 4 is 48.8 Å². The molecule has 3 heterocycles. The van der Waals surface area contributed by atoms with Gasteiger partial charge in [0, 0.05) is 23.2 Å². The van der Waals surface area contributed by atoms with Crippen molar-refractivity contribution in [2.45, 2.75) is 11.6 Å². The van der Waals surface area contributed by atoms with Gasteiger partial charge in [0.25, 0.3) is 10.0 Å². The van der Waals surface area contributed by atoms with Crippen LogP contribution >= 0.6 is 22.9 Å². The molecule has 6 nitrogen and oxygen atoms in total. The summed E-state index contributed by atoms with van der Waals surface area (Å²) in [5.74, 6) is 0.666. The van der Waals surface area contributed by atoms with Crippen LogP contribution in [-0.2, 0) is 16.6 Å². The van der Waals surface area contributed by atoms with Crippen molar-refractivity contribution in [2.24, 2.45) is 0 Å². The molecule has 2 aromatic carbocycles. The van der Waals surface area contributed by atoms with Crippen LogP contribution in [0.25, 0.3) is 15.9 Å². The predicted molar refractivity (Wildman–Crippen MR) is 113 cm³/mol. The Morgan fingerprint density at radius 3 is 2.72 bits per heavy atom. The Kier molecular flexibility index (Phi) is 4.34. The van der Waals surface area contributed by atoms with Crippen molar-refractivity contribution in [3.63, 3.8) is 0 Å². The fourth-order valence-electron chi connectivity index (χ4n) is 3.20. The van der Waals surface area contributed by atoms with Crippen molar-refractivity contribution in [1.29, 1.82) is 0 Å². The Balaban J connectivity index is 1.51. The second kappa shape index (κ2) is 6.91. The molecular formula is C20H14ClN3O3S2. The summed E-state index contributed by atoms with van der Waals surface area (Å²) in [7, 11) is -3.92. The molecule has 0 unspecified atom stereocenters. The molecule has 0 atom stereocenters. The first-order chi connectivity index (χ1) is 14.0. The third kappa shape index (κ3) is 3.09. The fraction of sp³-hybridized carbons (Fsp3) is 0.0500. The van der Waals surface area contributed by atoms with Gasteiger partial charge < -0.3 is 4.74 Å². The van der Waals surface area contributed by atoms with Gasteiger partial charge in [-0.3, -0.25) is 4.40 Å². The highest BCUT2D eigenvalue weighted by Gasteiger charge is 2.27. The summed E-state index contributed by atoms with van der Waals surface area (Å²) in [5.41, 5.74) is 1.60. The maximum absolute atomic E-state index is 13.3. The normalized spacial score (nSPS) is 12.0. The van der Waals surface area contributed by atoms with E-state index < -0.39 is 10.0 Å². The van der Waals surface area contributed by atoms with E-state index in [1.165, 1.54) is 25.9 Å². The first-order valence-corrected chi connectivity index (χ1v) is 11.4. The molecule has 146 valence electrons. The van der Waals surface area contributed by atoms with E-state index in [2.05, 4.69) is 4.98 Å². The van der Waals surface area contributed by atoms with Crippen LogP contribution in [0.1, 0.15) is 5.56 Å². The smallest absolute Gasteiger partial charge is 0.287 e. The lowest BCUT2D eigenvalue weighted by atomic mass is 10.2. The van der Waals surface area contributed by atoms with Crippen LogP contribution in [0.3, 0.4) is 0 Å². The van der Waals surface area contributed by atoms with Crippen LogP contribution in [0, 0.1) is 0 Å². The number of thiazole rings is 1. The second-order valence-corrected chi connectivity index (χ2v) is 9.34. The minimum atomic E-state index is -3.92. The highest BCUT2D eigenvalue weighted by Crippen LogP contribution is 2.30. The maximum atomic E-state index is 13.3. The lowest BCUT2D eigenvalue weighted by Crippen LogP contribution is -2.14. The summed E-state index contributed by atoms with van der Waals surface area (Å²) < 4.78 is 35.1. The van der Waals surface area contributed by atoms with Gasteiger partial charge in [-0.15, -0.1) is 11.3 Å². The molecule has 5 aromatic rings. The lowest BCUT2D eigenvalue weighted by molar-refractivity contribution is 0.306. The Hall–Kier alpha value is -2.81. The monoisotopic (exact) mass is 443 g/mol. The van der Waals surface area contributed by atoms with Crippen molar-refractivity contribution in [3.8, 4) is 5.75 Å². The maximum Gasteiger partial charge on any atom is 0.287 e. The van der Waals surface area contributed by atoms with E-state index in [1.54, 1.807) is 29.8 Å². The third-order valence-corrected chi connectivity index (χ3v) is 7.40. The van der Waals surface area contributed by atoms with E-state index in [-0.39, 0.29) is 10.2 Å².